The molecular weight excluding hydrogens is 424 g/mol. The summed E-state index contributed by atoms with van der Waals surface area (Å²) in [5.74, 6) is 0.786. The molecular formula is C25H24N2O4S. The summed E-state index contributed by atoms with van der Waals surface area (Å²) in [6.45, 7) is 6.22. The number of ether oxygens (including phenoxy) is 2. The SMILES string of the molecule is CCOc1ccc(-c2c(C)sc3nc(C)n(CC(=O)OCc4ccccc4)c(=O)c23)cc1. The molecule has 4 aromatic rings. The molecule has 0 atom stereocenters. The molecule has 6 nitrogen and oxygen atoms in total. The first-order valence-corrected chi connectivity index (χ1v) is 11.2. The quantitative estimate of drug-likeness (QED) is 0.377. The van der Waals surface area contributed by atoms with Crippen LogP contribution in [0, 0.1) is 13.8 Å². The minimum atomic E-state index is -0.477. The molecule has 164 valence electrons. The summed E-state index contributed by atoms with van der Waals surface area (Å²) in [6, 6.07) is 17.1. The second-order valence-corrected chi connectivity index (χ2v) is 8.57. The summed E-state index contributed by atoms with van der Waals surface area (Å²) in [5, 5.41) is 0.526. The van der Waals surface area contributed by atoms with Crippen molar-refractivity contribution in [3.05, 3.63) is 81.2 Å². The van der Waals surface area contributed by atoms with E-state index in [2.05, 4.69) is 4.98 Å². The highest BCUT2D eigenvalue weighted by molar-refractivity contribution is 7.19. The number of rotatable bonds is 7. The lowest BCUT2D eigenvalue weighted by Crippen LogP contribution is -2.28. The van der Waals surface area contributed by atoms with Crippen molar-refractivity contribution >= 4 is 27.5 Å². The molecule has 32 heavy (non-hydrogen) atoms. The molecule has 0 bridgehead atoms. The highest BCUT2D eigenvalue weighted by Crippen LogP contribution is 2.36. The summed E-state index contributed by atoms with van der Waals surface area (Å²) in [4.78, 5) is 32.2. The molecule has 0 unspecified atom stereocenters. The van der Waals surface area contributed by atoms with E-state index in [0.717, 1.165) is 27.3 Å². The highest BCUT2D eigenvalue weighted by Gasteiger charge is 2.20. The fraction of sp³-hybridized carbons (Fsp3) is 0.240. The predicted octanol–water partition coefficient (Wildman–Crippen LogP) is 4.88. The molecule has 2 heterocycles. The standard InChI is InChI=1S/C25H24N2O4S/c1-4-30-20-12-10-19(11-13-20)22-16(2)32-24-23(22)25(29)27(17(3)26-24)14-21(28)31-15-18-8-6-5-7-9-18/h5-13H,4,14-15H2,1-3H3. The van der Waals surface area contributed by atoms with Crippen molar-refractivity contribution in [2.75, 3.05) is 6.61 Å². The first-order valence-electron chi connectivity index (χ1n) is 10.4. The number of carbonyl (C=O) groups excluding carboxylic acids is 1. The molecule has 0 radical (unpaired) electrons. The first kappa shape index (κ1) is 21.8. The van der Waals surface area contributed by atoms with Crippen LogP contribution < -0.4 is 10.3 Å². The van der Waals surface area contributed by atoms with Gasteiger partial charge in [0, 0.05) is 10.4 Å². The topological polar surface area (TPSA) is 70.4 Å². The number of hydrogen-bond acceptors (Lipinski definition) is 6. The Kier molecular flexibility index (Phi) is 6.37. The van der Waals surface area contributed by atoms with Crippen LogP contribution in [-0.2, 0) is 22.7 Å². The highest BCUT2D eigenvalue weighted by atomic mass is 32.1. The molecule has 0 N–H and O–H groups in total. The third kappa shape index (κ3) is 4.43. The first-order chi connectivity index (χ1) is 15.5. The third-order valence-electron chi connectivity index (χ3n) is 5.16. The average Bonchev–Trinajstić information content (AvgIpc) is 3.12. The fourth-order valence-corrected chi connectivity index (χ4v) is 4.71. The van der Waals surface area contributed by atoms with E-state index >= 15 is 0 Å². The van der Waals surface area contributed by atoms with Gasteiger partial charge in [-0.2, -0.15) is 0 Å². The lowest BCUT2D eigenvalue weighted by molar-refractivity contribution is -0.145. The Morgan fingerprint density at radius 2 is 1.78 bits per heavy atom. The second kappa shape index (κ2) is 9.36. The second-order valence-electron chi connectivity index (χ2n) is 7.37. The van der Waals surface area contributed by atoms with Gasteiger partial charge in [-0.1, -0.05) is 42.5 Å². The average molecular weight is 449 g/mol. The smallest absolute Gasteiger partial charge is 0.326 e. The zero-order valence-corrected chi connectivity index (χ0v) is 19.1. The number of thiophene rings is 1. The molecule has 4 rings (SSSR count). The van der Waals surface area contributed by atoms with Crippen LogP contribution >= 0.6 is 11.3 Å². The van der Waals surface area contributed by atoms with Crippen LogP contribution in [0.15, 0.2) is 59.4 Å². The number of aromatic nitrogens is 2. The predicted molar refractivity (Wildman–Crippen MR) is 126 cm³/mol. The Balaban J connectivity index is 1.66. The van der Waals surface area contributed by atoms with Crippen molar-refractivity contribution in [3.8, 4) is 16.9 Å². The molecule has 2 aromatic carbocycles. The maximum absolute atomic E-state index is 13.4. The van der Waals surface area contributed by atoms with E-state index in [-0.39, 0.29) is 18.7 Å². The van der Waals surface area contributed by atoms with Crippen LogP contribution in [-0.4, -0.2) is 22.1 Å². The minimum absolute atomic E-state index is 0.165. The van der Waals surface area contributed by atoms with Crippen molar-refractivity contribution in [1.82, 2.24) is 9.55 Å². The zero-order valence-electron chi connectivity index (χ0n) is 18.3. The number of carbonyl (C=O) groups is 1. The maximum Gasteiger partial charge on any atom is 0.326 e. The van der Waals surface area contributed by atoms with Crippen molar-refractivity contribution in [1.29, 1.82) is 0 Å². The summed E-state index contributed by atoms with van der Waals surface area (Å²) in [5.41, 5.74) is 2.41. The van der Waals surface area contributed by atoms with Gasteiger partial charge in [-0.15, -0.1) is 11.3 Å². The van der Waals surface area contributed by atoms with Gasteiger partial charge in [0.05, 0.1) is 12.0 Å². The number of fused-ring (bicyclic) bond motifs is 1. The lowest BCUT2D eigenvalue weighted by atomic mass is 10.0. The van der Waals surface area contributed by atoms with Gasteiger partial charge in [-0.25, -0.2) is 4.98 Å². The molecule has 2 aromatic heterocycles. The Morgan fingerprint density at radius 1 is 1.06 bits per heavy atom. The third-order valence-corrected chi connectivity index (χ3v) is 6.16. The molecule has 0 spiro atoms. The van der Waals surface area contributed by atoms with Gasteiger partial charge in [-0.05, 0) is 44.0 Å². The van der Waals surface area contributed by atoms with Crippen molar-refractivity contribution < 1.29 is 14.3 Å². The van der Waals surface area contributed by atoms with Crippen LogP contribution in [0.25, 0.3) is 21.3 Å². The number of aryl methyl sites for hydroxylation is 2. The fourth-order valence-electron chi connectivity index (χ4n) is 3.63. The van der Waals surface area contributed by atoms with Crippen LogP contribution in [0.4, 0.5) is 0 Å². The Hall–Kier alpha value is -3.45. The normalized spacial score (nSPS) is 11.0. The van der Waals surface area contributed by atoms with E-state index in [1.165, 1.54) is 15.9 Å². The van der Waals surface area contributed by atoms with E-state index in [1.54, 1.807) is 6.92 Å². The van der Waals surface area contributed by atoms with Gasteiger partial charge in [0.2, 0.25) is 0 Å². The summed E-state index contributed by atoms with van der Waals surface area (Å²) in [7, 11) is 0. The Morgan fingerprint density at radius 3 is 2.47 bits per heavy atom. The van der Waals surface area contributed by atoms with Gasteiger partial charge in [0.15, 0.2) is 0 Å². The molecule has 0 aliphatic carbocycles. The van der Waals surface area contributed by atoms with Gasteiger partial charge < -0.3 is 9.47 Å². The lowest BCUT2D eigenvalue weighted by Gasteiger charge is -2.11. The van der Waals surface area contributed by atoms with E-state index in [0.29, 0.717) is 22.6 Å². The van der Waals surface area contributed by atoms with Gasteiger partial charge >= 0.3 is 5.97 Å². The Bertz CT molecular complexity index is 1310. The number of benzene rings is 2. The van der Waals surface area contributed by atoms with Crippen molar-refractivity contribution in [3.63, 3.8) is 0 Å². The van der Waals surface area contributed by atoms with Gasteiger partial charge in [0.25, 0.3) is 5.56 Å². The summed E-state index contributed by atoms with van der Waals surface area (Å²) < 4.78 is 12.3. The van der Waals surface area contributed by atoms with Crippen LogP contribution in [0.5, 0.6) is 5.75 Å². The molecule has 7 heteroatoms. The number of hydrogen-bond donors (Lipinski definition) is 0. The van der Waals surface area contributed by atoms with E-state index < -0.39 is 5.97 Å². The molecule has 0 amide bonds. The summed E-state index contributed by atoms with van der Waals surface area (Å²) in [6.07, 6.45) is 0. The molecule has 0 aliphatic rings. The number of nitrogens with zero attached hydrogens (tertiary/aromatic N) is 2. The van der Waals surface area contributed by atoms with Crippen molar-refractivity contribution in [2.24, 2.45) is 0 Å². The molecule has 0 saturated carbocycles. The number of esters is 1. The summed E-state index contributed by atoms with van der Waals surface area (Å²) >= 11 is 1.48. The van der Waals surface area contributed by atoms with Gasteiger partial charge in [0.1, 0.15) is 29.6 Å². The van der Waals surface area contributed by atoms with Crippen LogP contribution in [0.2, 0.25) is 0 Å². The molecule has 0 fully saturated rings. The zero-order chi connectivity index (χ0) is 22.7. The van der Waals surface area contributed by atoms with E-state index in [4.69, 9.17) is 9.47 Å². The maximum atomic E-state index is 13.4. The Labute approximate surface area is 190 Å². The van der Waals surface area contributed by atoms with E-state index in [1.807, 2.05) is 68.4 Å². The van der Waals surface area contributed by atoms with Gasteiger partial charge in [-0.3, -0.25) is 14.2 Å². The van der Waals surface area contributed by atoms with E-state index in [9.17, 15) is 9.59 Å². The largest absolute Gasteiger partial charge is 0.494 e. The van der Waals surface area contributed by atoms with Crippen LogP contribution in [0.3, 0.4) is 0 Å². The van der Waals surface area contributed by atoms with Crippen molar-refractivity contribution in [2.45, 2.75) is 33.9 Å². The van der Waals surface area contributed by atoms with Crippen LogP contribution in [0.1, 0.15) is 23.2 Å². The monoisotopic (exact) mass is 448 g/mol. The minimum Gasteiger partial charge on any atom is -0.494 e. The molecule has 0 saturated heterocycles. The molecule has 0 aliphatic heterocycles.